The first kappa shape index (κ1) is 13.0. The van der Waals surface area contributed by atoms with Crippen LogP contribution in [0.15, 0.2) is 36.3 Å². The molecule has 3 heterocycles. The number of benzene rings is 2. The van der Waals surface area contributed by atoms with Gasteiger partial charge in [-0.1, -0.05) is 18.1 Å². The lowest BCUT2D eigenvalue weighted by molar-refractivity contribution is -0.136. The molecule has 2 aromatic rings. The van der Waals surface area contributed by atoms with Gasteiger partial charge in [0.05, 0.1) is 29.4 Å². The van der Waals surface area contributed by atoms with Gasteiger partial charge in [-0.05, 0) is 30.1 Å². The molecular formula is C25H26FN3O5. The topological polar surface area (TPSA) is 88.2 Å². The number of rotatable bonds is 6. The van der Waals surface area contributed by atoms with Crippen molar-refractivity contribution in [2.45, 2.75) is 38.5 Å². The maximum Gasteiger partial charge on any atom is 0.255 e. The lowest BCUT2D eigenvalue weighted by Gasteiger charge is -2.29. The normalized spacial score (nSPS) is 30.7. The van der Waals surface area contributed by atoms with Gasteiger partial charge >= 0.3 is 0 Å². The predicted molar refractivity (Wildman–Crippen MR) is 119 cm³/mol. The minimum atomic E-state index is -3.62. The van der Waals surface area contributed by atoms with Crippen LogP contribution in [0.3, 0.4) is 0 Å². The van der Waals surface area contributed by atoms with E-state index in [1.165, 1.54) is 0 Å². The number of imide groups is 1. The highest BCUT2D eigenvalue weighted by Crippen LogP contribution is 2.34. The van der Waals surface area contributed by atoms with E-state index in [-0.39, 0.29) is 22.6 Å². The summed E-state index contributed by atoms with van der Waals surface area (Å²) in [5.74, 6) is -6.45. The number of carbonyl (C=O) groups is 3. The van der Waals surface area contributed by atoms with Crippen LogP contribution >= 0.6 is 0 Å². The van der Waals surface area contributed by atoms with Gasteiger partial charge in [0.25, 0.3) is 5.91 Å². The second-order valence-corrected chi connectivity index (χ2v) is 7.65. The van der Waals surface area contributed by atoms with Crippen molar-refractivity contribution < 1.29 is 43.3 Å². The highest BCUT2D eigenvalue weighted by Gasteiger charge is 2.40. The van der Waals surface area contributed by atoms with Gasteiger partial charge in [-0.3, -0.25) is 24.6 Å². The number of ether oxygens (including phenoxy) is 2. The Bertz CT molecular complexity index is 1620. The summed E-state index contributed by atoms with van der Waals surface area (Å²) in [5, 5.41) is 1.56. The average molecular weight is 479 g/mol. The van der Waals surface area contributed by atoms with E-state index >= 15 is 4.39 Å². The third-order valence-electron chi connectivity index (χ3n) is 5.46. The molecule has 34 heavy (non-hydrogen) atoms. The Labute approximate surface area is 212 Å². The van der Waals surface area contributed by atoms with E-state index in [9.17, 15) is 14.4 Å². The molecule has 1 N–H and O–H groups in total. The molecular weight excluding hydrogens is 441 g/mol. The Balaban J connectivity index is 1.52. The molecule has 3 aliphatic rings. The summed E-state index contributed by atoms with van der Waals surface area (Å²) >= 11 is 0. The molecule has 3 aliphatic heterocycles. The molecule has 2 fully saturated rings. The van der Waals surface area contributed by atoms with E-state index in [2.05, 4.69) is 0 Å². The monoisotopic (exact) mass is 478 g/mol. The zero-order valence-corrected chi connectivity index (χ0v) is 17.8. The summed E-state index contributed by atoms with van der Waals surface area (Å²) < 4.78 is 117. The standard InChI is InChI=1S/C25H26FN3O5/c26-20-12-16(13-28-8-10-33-11-9-28)4-5-17(20)15-34-22-3-1-2-18-19(22)14-29(25(18)32)21-6-7-23(30)27-24(21)31/h1-5,12,21H,6-11,13-15H2,(H,27,30,31)/i1D,2D,3D,4D,5D,6D2,7D2,12D,21D. The fourth-order valence-electron chi connectivity index (χ4n) is 3.72. The molecule has 1 atom stereocenters. The molecule has 0 aromatic heterocycles. The number of piperidine rings is 1. The van der Waals surface area contributed by atoms with Crippen molar-refractivity contribution in [1.29, 1.82) is 0 Å². The van der Waals surface area contributed by atoms with Crippen LogP contribution in [0.25, 0.3) is 0 Å². The molecule has 5 rings (SSSR count). The summed E-state index contributed by atoms with van der Waals surface area (Å²) in [4.78, 5) is 40.5. The maximum atomic E-state index is 15.5. The maximum absolute atomic E-state index is 15.5. The number of hydrogen-bond acceptors (Lipinski definition) is 6. The number of nitrogens with zero attached hydrogens (tertiary/aromatic N) is 2. The fourth-order valence-corrected chi connectivity index (χ4v) is 3.72. The van der Waals surface area contributed by atoms with Crippen molar-refractivity contribution in [1.82, 2.24) is 15.1 Å². The first-order valence-electron chi connectivity index (χ1n) is 15.9. The SMILES string of the molecule is [2H]c1c([2H])c(OCc2c([2H])c([2H])c(CN3CCOCC3)c([2H])c2F)c2c(c1[2H])C(=O)N(C1([2H])C(=O)NC(=O)C([2H])([2H])C1([2H])[2H])C2. The van der Waals surface area contributed by atoms with E-state index in [0.29, 0.717) is 26.3 Å². The molecule has 1 unspecified atom stereocenters. The van der Waals surface area contributed by atoms with Gasteiger partial charge in [0.2, 0.25) is 11.8 Å². The fraction of sp³-hybridized carbons (Fsp3) is 0.400. The lowest BCUT2D eigenvalue weighted by atomic mass is 10.0. The molecule has 0 spiro atoms. The second kappa shape index (κ2) is 9.52. The first-order chi connectivity index (χ1) is 20.9. The van der Waals surface area contributed by atoms with Crippen LogP contribution in [0.5, 0.6) is 5.75 Å². The Morgan fingerprint density at radius 3 is 2.88 bits per heavy atom. The van der Waals surface area contributed by atoms with Gasteiger partial charge in [-0.25, -0.2) is 4.39 Å². The number of morpholine rings is 1. The summed E-state index contributed by atoms with van der Waals surface area (Å²) in [6, 6.07) is -7.55. The molecule has 8 nitrogen and oxygen atoms in total. The number of carbonyl (C=O) groups excluding carboxylic acids is 3. The highest BCUT2D eigenvalue weighted by atomic mass is 19.1. The second-order valence-electron chi connectivity index (χ2n) is 7.65. The van der Waals surface area contributed by atoms with Gasteiger partial charge in [-0.2, -0.15) is 0 Å². The number of nitrogens with one attached hydrogen (secondary N) is 1. The lowest BCUT2D eigenvalue weighted by Crippen LogP contribution is -2.52. The number of amides is 3. The van der Waals surface area contributed by atoms with Crippen LogP contribution < -0.4 is 10.1 Å². The Morgan fingerprint density at radius 2 is 2.06 bits per heavy atom. The van der Waals surface area contributed by atoms with Crippen LogP contribution in [0, 0.1) is 5.82 Å². The molecule has 0 radical (unpaired) electrons. The molecule has 0 saturated carbocycles. The molecule has 0 bridgehead atoms. The number of halogens is 1. The molecule has 9 heteroatoms. The summed E-state index contributed by atoms with van der Waals surface area (Å²) in [7, 11) is 0. The van der Waals surface area contributed by atoms with Gasteiger partial charge in [-0.15, -0.1) is 0 Å². The van der Waals surface area contributed by atoms with Crippen molar-refractivity contribution in [2.24, 2.45) is 0 Å². The first-order valence-corrected chi connectivity index (χ1v) is 10.4. The minimum absolute atomic E-state index is 0.0277. The Morgan fingerprint density at radius 1 is 1.24 bits per heavy atom. The zero-order valence-electron chi connectivity index (χ0n) is 28.8. The van der Waals surface area contributed by atoms with Crippen LogP contribution in [0.1, 0.15) is 54.9 Å². The van der Waals surface area contributed by atoms with Crippen LogP contribution in [-0.4, -0.2) is 59.8 Å². The minimum Gasteiger partial charge on any atom is -0.488 e. The van der Waals surface area contributed by atoms with Crippen molar-refractivity contribution in [3.05, 3.63) is 64.3 Å². The third-order valence-corrected chi connectivity index (χ3v) is 5.46. The van der Waals surface area contributed by atoms with Crippen molar-refractivity contribution in [3.63, 3.8) is 0 Å². The number of fused-ring (bicyclic) bond motifs is 1. The van der Waals surface area contributed by atoms with E-state index in [0.717, 1.165) is 0 Å². The van der Waals surface area contributed by atoms with E-state index in [1.807, 2.05) is 4.90 Å². The molecule has 2 aromatic carbocycles. The molecule has 2 saturated heterocycles. The number of hydrogen-bond donors (Lipinski definition) is 1. The van der Waals surface area contributed by atoms with E-state index in [4.69, 9.17) is 24.6 Å². The van der Waals surface area contributed by atoms with Crippen molar-refractivity contribution >= 4 is 17.7 Å². The van der Waals surface area contributed by atoms with Gasteiger partial charge in [0, 0.05) is 48.2 Å². The zero-order chi connectivity index (χ0) is 33.4. The summed E-state index contributed by atoms with van der Waals surface area (Å²) in [6.45, 7) is 0.0605. The van der Waals surface area contributed by atoms with Gasteiger partial charge < -0.3 is 14.4 Å². The molecule has 3 amide bonds. The largest absolute Gasteiger partial charge is 0.488 e. The average Bonchev–Trinajstić information content (AvgIpc) is 3.34. The molecule has 178 valence electrons. The predicted octanol–water partition coefficient (Wildman–Crippen LogP) is 2.00. The smallest absolute Gasteiger partial charge is 0.255 e. The van der Waals surface area contributed by atoms with Crippen LogP contribution in [-0.2, 0) is 34.0 Å². The summed E-state index contributed by atoms with van der Waals surface area (Å²) in [6.07, 6.45) is -7.07. The molecule has 0 aliphatic carbocycles. The Kier molecular flexibility index (Phi) is 3.63. The highest BCUT2D eigenvalue weighted by molar-refractivity contribution is 6.05. The third kappa shape index (κ3) is 4.53. The quantitative estimate of drug-likeness (QED) is 0.639. The van der Waals surface area contributed by atoms with E-state index < -0.39 is 109 Å². The summed E-state index contributed by atoms with van der Waals surface area (Å²) in [5.41, 5.74) is -1.60. The van der Waals surface area contributed by atoms with Crippen LogP contribution in [0.2, 0.25) is 0 Å². The van der Waals surface area contributed by atoms with Gasteiger partial charge in [0.15, 0.2) is 0 Å². The van der Waals surface area contributed by atoms with Crippen LogP contribution in [0.4, 0.5) is 4.39 Å². The Hall–Kier alpha value is -3.30. The van der Waals surface area contributed by atoms with Crippen molar-refractivity contribution in [3.8, 4) is 5.75 Å². The van der Waals surface area contributed by atoms with E-state index in [1.54, 1.807) is 5.32 Å². The van der Waals surface area contributed by atoms with Crippen molar-refractivity contribution in [2.75, 3.05) is 26.3 Å². The van der Waals surface area contributed by atoms with Gasteiger partial charge in [0.1, 0.15) is 24.2 Å².